The van der Waals surface area contributed by atoms with Gasteiger partial charge in [0.05, 0.1) is 11.4 Å². The third-order valence-electron chi connectivity index (χ3n) is 2.69. The van der Waals surface area contributed by atoms with Crippen molar-refractivity contribution in [2.24, 2.45) is 0 Å². The Bertz CT molecular complexity index is 622. The average Bonchev–Trinajstić information content (AvgIpc) is 3.11. The van der Waals surface area contributed by atoms with E-state index in [0.717, 1.165) is 5.69 Å². The lowest BCUT2D eigenvalue weighted by atomic mass is 10.3. The number of nitrogens with one attached hydrogen (secondary N) is 1. The van der Waals surface area contributed by atoms with Gasteiger partial charge in [0.25, 0.3) is 5.22 Å². The van der Waals surface area contributed by atoms with Crippen molar-refractivity contribution in [2.45, 2.75) is 25.1 Å². The van der Waals surface area contributed by atoms with Gasteiger partial charge in [-0.2, -0.15) is 5.10 Å². The van der Waals surface area contributed by atoms with Gasteiger partial charge in [0.1, 0.15) is 6.04 Å². The van der Waals surface area contributed by atoms with Crippen molar-refractivity contribution in [3.8, 4) is 0 Å². The van der Waals surface area contributed by atoms with Gasteiger partial charge in [0, 0.05) is 12.7 Å². The highest BCUT2D eigenvalue weighted by Gasteiger charge is 2.17. The summed E-state index contributed by atoms with van der Waals surface area (Å²) in [5, 5.41) is 15.3. The second-order valence-electron chi connectivity index (χ2n) is 4.40. The van der Waals surface area contributed by atoms with E-state index >= 15 is 0 Å². The second-order valence-corrected chi connectivity index (χ2v) is 5.33. The Morgan fingerprint density at radius 1 is 1.62 bits per heavy atom. The number of aryl methyl sites for hydroxylation is 1. The molecule has 8 heteroatoms. The van der Waals surface area contributed by atoms with Crippen LogP contribution in [0.1, 0.15) is 24.6 Å². The van der Waals surface area contributed by atoms with Crippen LogP contribution in [-0.4, -0.2) is 38.2 Å². The molecule has 2 heterocycles. The van der Waals surface area contributed by atoms with Crippen molar-refractivity contribution in [2.75, 3.05) is 12.3 Å². The third kappa shape index (κ3) is 4.19. The molecule has 112 valence electrons. The highest BCUT2D eigenvalue weighted by molar-refractivity contribution is 7.99. The molecule has 0 aliphatic heterocycles. The van der Waals surface area contributed by atoms with Gasteiger partial charge in [-0.15, -0.1) is 16.8 Å². The second kappa shape index (κ2) is 7.07. The van der Waals surface area contributed by atoms with E-state index in [9.17, 15) is 4.79 Å². The molecule has 0 unspecified atom stereocenters. The fourth-order valence-electron chi connectivity index (χ4n) is 1.57. The molecule has 2 aromatic rings. The van der Waals surface area contributed by atoms with Crippen molar-refractivity contribution in [3.63, 3.8) is 0 Å². The third-order valence-corrected chi connectivity index (χ3v) is 3.51. The van der Waals surface area contributed by atoms with E-state index in [0.29, 0.717) is 17.7 Å². The molecule has 0 radical (unpaired) electrons. The maximum atomic E-state index is 11.5. The Labute approximate surface area is 126 Å². The molecular weight excluding hydrogens is 290 g/mol. The van der Waals surface area contributed by atoms with Crippen LogP contribution in [0.5, 0.6) is 0 Å². The molecule has 1 amide bonds. The zero-order valence-electron chi connectivity index (χ0n) is 11.9. The monoisotopic (exact) mass is 307 g/mol. The Hall–Kier alpha value is -2.09. The SMILES string of the molecule is C=CCNC(=O)CSc1nnc([C@@H](C)n2ccc(C)n2)o1. The number of rotatable bonds is 7. The number of nitrogens with zero attached hydrogens (tertiary/aromatic N) is 4. The number of carbonyl (C=O) groups is 1. The van der Waals surface area contributed by atoms with Crippen molar-refractivity contribution in [3.05, 3.63) is 36.5 Å². The summed E-state index contributed by atoms with van der Waals surface area (Å²) in [5.41, 5.74) is 0.926. The van der Waals surface area contributed by atoms with Crippen LogP contribution < -0.4 is 5.32 Å². The van der Waals surface area contributed by atoms with Gasteiger partial charge in [0.15, 0.2) is 0 Å². The molecule has 0 fully saturated rings. The highest BCUT2D eigenvalue weighted by atomic mass is 32.2. The zero-order chi connectivity index (χ0) is 15.2. The first kappa shape index (κ1) is 15.3. The molecule has 2 aromatic heterocycles. The largest absolute Gasteiger partial charge is 0.414 e. The summed E-state index contributed by atoms with van der Waals surface area (Å²) in [6.07, 6.45) is 3.49. The number of aromatic nitrogens is 4. The van der Waals surface area contributed by atoms with E-state index in [1.54, 1.807) is 10.8 Å². The van der Waals surface area contributed by atoms with E-state index in [-0.39, 0.29) is 17.7 Å². The molecule has 1 N–H and O–H groups in total. The predicted molar refractivity (Wildman–Crippen MR) is 79.0 cm³/mol. The van der Waals surface area contributed by atoms with Crippen LogP contribution >= 0.6 is 11.8 Å². The van der Waals surface area contributed by atoms with Gasteiger partial charge in [-0.05, 0) is 19.9 Å². The zero-order valence-corrected chi connectivity index (χ0v) is 12.8. The minimum absolute atomic E-state index is 0.101. The first-order valence-corrected chi connectivity index (χ1v) is 7.44. The predicted octanol–water partition coefficient (Wildman–Crippen LogP) is 1.58. The lowest BCUT2D eigenvalue weighted by Crippen LogP contribution is -2.24. The Balaban J connectivity index is 1.92. The van der Waals surface area contributed by atoms with Crippen molar-refractivity contribution in [1.82, 2.24) is 25.3 Å². The molecule has 21 heavy (non-hydrogen) atoms. The fourth-order valence-corrected chi connectivity index (χ4v) is 2.17. The molecule has 0 aromatic carbocycles. The van der Waals surface area contributed by atoms with E-state index in [2.05, 4.69) is 27.2 Å². The average molecular weight is 307 g/mol. The summed E-state index contributed by atoms with van der Waals surface area (Å²) >= 11 is 1.20. The van der Waals surface area contributed by atoms with E-state index in [4.69, 9.17) is 4.42 Å². The standard InChI is InChI=1S/C13H17N5O2S/c1-4-6-14-11(19)8-21-13-16-15-12(20-13)10(3)18-7-5-9(2)17-18/h4-5,7,10H,1,6,8H2,2-3H3,(H,14,19)/t10-/m1/s1. The summed E-state index contributed by atoms with van der Waals surface area (Å²) < 4.78 is 7.30. The number of amides is 1. The van der Waals surface area contributed by atoms with Crippen LogP contribution in [0.25, 0.3) is 0 Å². The topological polar surface area (TPSA) is 85.8 Å². The van der Waals surface area contributed by atoms with Crippen molar-refractivity contribution in [1.29, 1.82) is 0 Å². The van der Waals surface area contributed by atoms with Gasteiger partial charge in [0.2, 0.25) is 11.8 Å². The first-order valence-electron chi connectivity index (χ1n) is 6.45. The fraction of sp³-hybridized carbons (Fsp3) is 0.385. The Morgan fingerprint density at radius 3 is 3.10 bits per heavy atom. The highest BCUT2D eigenvalue weighted by Crippen LogP contribution is 2.21. The molecule has 0 spiro atoms. The molecule has 0 saturated carbocycles. The van der Waals surface area contributed by atoms with E-state index < -0.39 is 0 Å². The molecule has 0 aliphatic rings. The molecule has 2 rings (SSSR count). The Kier molecular flexibility index (Phi) is 5.15. The van der Waals surface area contributed by atoms with Crippen LogP contribution in [0.2, 0.25) is 0 Å². The first-order chi connectivity index (χ1) is 10.1. The Morgan fingerprint density at radius 2 is 2.43 bits per heavy atom. The molecule has 0 saturated heterocycles. The summed E-state index contributed by atoms with van der Waals surface area (Å²) in [7, 11) is 0. The minimum atomic E-state index is -0.143. The van der Waals surface area contributed by atoms with Crippen molar-refractivity contribution >= 4 is 17.7 Å². The van der Waals surface area contributed by atoms with Gasteiger partial charge >= 0.3 is 0 Å². The molecule has 0 bridgehead atoms. The summed E-state index contributed by atoms with van der Waals surface area (Å²) in [4.78, 5) is 11.5. The van der Waals surface area contributed by atoms with Crippen LogP contribution in [0.4, 0.5) is 0 Å². The van der Waals surface area contributed by atoms with E-state index in [1.165, 1.54) is 11.8 Å². The van der Waals surface area contributed by atoms with Crippen LogP contribution in [-0.2, 0) is 4.79 Å². The summed E-state index contributed by atoms with van der Waals surface area (Å²) in [5.74, 6) is 0.590. The lowest BCUT2D eigenvalue weighted by Gasteiger charge is -2.06. The molecular formula is C13H17N5O2S. The maximum Gasteiger partial charge on any atom is 0.277 e. The molecule has 7 nitrogen and oxygen atoms in total. The van der Waals surface area contributed by atoms with Crippen molar-refractivity contribution < 1.29 is 9.21 Å². The van der Waals surface area contributed by atoms with Crippen LogP contribution in [0.15, 0.2) is 34.6 Å². The number of hydrogen-bond donors (Lipinski definition) is 1. The maximum absolute atomic E-state index is 11.5. The van der Waals surface area contributed by atoms with Crippen LogP contribution in [0, 0.1) is 6.92 Å². The molecule has 0 aliphatic carbocycles. The smallest absolute Gasteiger partial charge is 0.277 e. The number of carbonyl (C=O) groups excluding carboxylic acids is 1. The van der Waals surface area contributed by atoms with Gasteiger partial charge < -0.3 is 9.73 Å². The quantitative estimate of drug-likeness (QED) is 0.617. The van der Waals surface area contributed by atoms with E-state index in [1.807, 2.05) is 26.1 Å². The van der Waals surface area contributed by atoms with Gasteiger partial charge in [-0.1, -0.05) is 17.8 Å². The van der Waals surface area contributed by atoms with Crippen LogP contribution in [0.3, 0.4) is 0 Å². The summed E-state index contributed by atoms with van der Waals surface area (Å²) in [6.45, 7) is 7.82. The minimum Gasteiger partial charge on any atom is -0.414 e. The number of hydrogen-bond acceptors (Lipinski definition) is 6. The molecule has 1 atom stereocenters. The lowest BCUT2D eigenvalue weighted by molar-refractivity contribution is -0.118. The number of thioether (sulfide) groups is 1. The van der Waals surface area contributed by atoms with Gasteiger partial charge in [-0.25, -0.2) is 0 Å². The van der Waals surface area contributed by atoms with Gasteiger partial charge in [-0.3, -0.25) is 9.48 Å². The normalized spacial score (nSPS) is 12.1. The summed E-state index contributed by atoms with van der Waals surface area (Å²) in [6, 6.07) is 1.77.